The highest BCUT2D eigenvalue weighted by molar-refractivity contribution is 5.98. The standard InChI is InChI=1S/C32H42O11/c1-16-19(15-40-17(2)33)13-24(42-26(16)36)29(6,37)31(39)12-11-30(38)21-14-25-32(43-25)23(41-18(3)34)8-7-22(35)28(32,5)20(21)9-10-27(30,31)4/h7-8,20-21,23-25,37-39H,9-15H2,1-6H3/t20-,21+,23-,24+,25+,27-,28-,29-,30+,31-,32+/m0/s1. The summed E-state index contributed by atoms with van der Waals surface area (Å²) in [5.74, 6) is -2.58. The van der Waals surface area contributed by atoms with Gasteiger partial charge in [-0.15, -0.1) is 0 Å². The van der Waals surface area contributed by atoms with Crippen LogP contribution in [0.15, 0.2) is 23.3 Å². The highest BCUT2D eigenvalue weighted by atomic mass is 16.7. The van der Waals surface area contributed by atoms with Crippen molar-refractivity contribution in [2.45, 2.75) is 121 Å². The summed E-state index contributed by atoms with van der Waals surface area (Å²) >= 11 is 0. The lowest BCUT2D eigenvalue weighted by Crippen LogP contribution is -2.73. The van der Waals surface area contributed by atoms with E-state index in [1.54, 1.807) is 19.9 Å². The zero-order valence-corrected chi connectivity index (χ0v) is 25.6. The van der Waals surface area contributed by atoms with Gasteiger partial charge in [-0.3, -0.25) is 14.4 Å². The second-order valence-corrected chi connectivity index (χ2v) is 14.2. The number of ether oxygens (including phenoxy) is 4. The van der Waals surface area contributed by atoms with Crippen LogP contribution in [0.1, 0.15) is 80.1 Å². The lowest BCUT2D eigenvalue weighted by atomic mass is 9.42. The van der Waals surface area contributed by atoms with Gasteiger partial charge in [-0.1, -0.05) is 6.92 Å². The topological polar surface area (TPSA) is 169 Å². The number of ketones is 1. The minimum atomic E-state index is -1.99. The van der Waals surface area contributed by atoms with Gasteiger partial charge in [0, 0.05) is 31.3 Å². The van der Waals surface area contributed by atoms with E-state index in [0.717, 1.165) is 0 Å². The van der Waals surface area contributed by atoms with Crippen LogP contribution in [0.3, 0.4) is 0 Å². The lowest BCUT2D eigenvalue weighted by Gasteiger charge is -2.63. The highest BCUT2D eigenvalue weighted by Crippen LogP contribution is 2.75. The van der Waals surface area contributed by atoms with E-state index in [9.17, 15) is 34.5 Å². The summed E-state index contributed by atoms with van der Waals surface area (Å²) in [4.78, 5) is 49.9. The molecule has 3 saturated carbocycles. The minimum absolute atomic E-state index is 0.0313. The predicted molar refractivity (Wildman–Crippen MR) is 148 cm³/mol. The van der Waals surface area contributed by atoms with Crippen molar-refractivity contribution in [2.24, 2.45) is 22.7 Å². The molecule has 1 saturated heterocycles. The second kappa shape index (κ2) is 9.22. The number of hydrogen-bond acceptors (Lipinski definition) is 11. The molecule has 0 aromatic rings. The molecule has 0 amide bonds. The Hall–Kier alpha value is -2.60. The zero-order chi connectivity index (χ0) is 31.5. The van der Waals surface area contributed by atoms with Gasteiger partial charge in [0.15, 0.2) is 11.9 Å². The summed E-state index contributed by atoms with van der Waals surface area (Å²) in [6.45, 7) is 9.07. The first kappa shape index (κ1) is 30.4. The molecule has 0 bridgehead atoms. The monoisotopic (exact) mass is 602 g/mol. The first-order valence-corrected chi connectivity index (χ1v) is 15.2. The lowest BCUT2D eigenvalue weighted by molar-refractivity contribution is -0.283. The van der Waals surface area contributed by atoms with Gasteiger partial charge in [-0.2, -0.15) is 0 Å². The van der Waals surface area contributed by atoms with Crippen LogP contribution in [0.2, 0.25) is 0 Å². The molecule has 0 radical (unpaired) electrons. The molecule has 6 aliphatic rings. The Labute approximate surface area is 250 Å². The number of allylic oxidation sites excluding steroid dienone is 1. The molecule has 0 aromatic heterocycles. The average molecular weight is 603 g/mol. The molecule has 3 N–H and O–H groups in total. The van der Waals surface area contributed by atoms with E-state index in [0.29, 0.717) is 18.4 Å². The molecular formula is C32H42O11. The maximum atomic E-state index is 13.7. The van der Waals surface area contributed by atoms with Crippen LogP contribution in [0.25, 0.3) is 0 Å². The van der Waals surface area contributed by atoms with Crippen molar-refractivity contribution in [1.29, 1.82) is 0 Å². The molecule has 1 spiro atoms. The molecule has 4 aliphatic carbocycles. The van der Waals surface area contributed by atoms with Gasteiger partial charge in [0.25, 0.3) is 0 Å². The molecular weight excluding hydrogens is 560 g/mol. The molecule has 0 unspecified atom stereocenters. The number of esters is 3. The van der Waals surface area contributed by atoms with Crippen LogP contribution in [0.4, 0.5) is 0 Å². The number of rotatable bonds is 5. The number of carbonyl (C=O) groups is 4. The van der Waals surface area contributed by atoms with Crippen LogP contribution < -0.4 is 0 Å². The molecule has 11 heteroatoms. The van der Waals surface area contributed by atoms with Gasteiger partial charge >= 0.3 is 17.9 Å². The normalized spacial score (nSPS) is 47.8. The number of aliphatic hydroxyl groups is 3. The van der Waals surface area contributed by atoms with Crippen molar-refractivity contribution >= 4 is 23.7 Å². The summed E-state index contributed by atoms with van der Waals surface area (Å²) < 4.78 is 22.7. The molecule has 0 aromatic carbocycles. The minimum Gasteiger partial charge on any atom is -0.461 e. The fourth-order valence-corrected chi connectivity index (χ4v) is 9.97. The van der Waals surface area contributed by atoms with Crippen LogP contribution >= 0.6 is 0 Å². The Balaban J connectivity index is 1.33. The Kier molecular flexibility index (Phi) is 6.52. The third-order valence-corrected chi connectivity index (χ3v) is 12.7. The number of hydrogen-bond donors (Lipinski definition) is 3. The second-order valence-electron chi connectivity index (χ2n) is 14.2. The summed E-state index contributed by atoms with van der Waals surface area (Å²) in [6.07, 6.45) is 2.09. The van der Waals surface area contributed by atoms with Gasteiger partial charge in [0.05, 0.1) is 17.1 Å². The number of epoxide rings is 1. The van der Waals surface area contributed by atoms with E-state index >= 15 is 0 Å². The van der Waals surface area contributed by atoms with Crippen molar-refractivity contribution in [1.82, 2.24) is 0 Å². The number of fused-ring (bicyclic) bond motifs is 4. The van der Waals surface area contributed by atoms with Crippen molar-refractivity contribution in [3.63, 3.8) is 0 Å². The smallest absolute Gasteiger partial charge is 0.334 e. The quantitative estimate of drug-likeness (QED) is 0.238. The molecule has 2 heterocycles. The van der Waals surface area contributed by atoms with E-state index in [1.807, 2.05) is 6.92 Å². The van der Waals surface area contributed by atoms with E-state index in [4.69, 9.17) is 18.9 Å². The number of cyclic esters (lactones) is 1. The third kappa shape index (κ3) is 3.62. The molecule has 11 atom stereocenters. The zero-order valence-electron chi connectivity index (χ0n) is 25.6. The first-order valence-electron chi connectivity index (χ1n) is 15.2. The molecule has 236 valence electrons. The fourth-order valence-electron chi connectivity index (χ4n) is 9.97. The highest BCUT2D eigenvalue weighted by Gasteiger charge is 2.85. The van der Waals surface area contributed by atoms with E-state index < -0.39 is 75.4 Å². The Morgan fingerprint density at radius 1 is 1.09 bits per heavy atom. The summed E-state index contributed by atoms with van der Waals surface area (Å²) in [5, 5.41) is 37.4. The van der Waals surface area contributed by atoms with Crippen LogP contribution in [0, 0.1) is 22.7 Å². The summed E-state index contributed by atoms with van der Waals surface area (Å²) in [7, 11) is 0. The van der Waals surface area contributed by atoms with Gasteiger partial charge in [0.1, 0.15) is 29.5 Å². The Morgan fingerprint density at radius 3 is 2.44 bits per heavy atom. The maximum absolute atomic E-state index is 13.7. The van der Waals surface area contributed by atoms with E-state index in [-0.39, 0.29) is 49.6 Å². The first-order chi connectivity index (χ1) is 19.9. The van der Waals surface area contributed by atoms with E-state index in [1.165, 1.54) is 26.8 Å². The van der Waals surface area contributed by atoms with Crippen LogP contribution in [-0.2, 0) is 38.1 Å². The predicted octanol–water partition coefficient (Wildman–Crippen LogP) is 1.84. The maximum Gasteiger partial charge on any atom is 0.334 e. The van der Waals surface area contributed by atoms with Crippen molar-refractivity contribution in [3.8, 4) is 0 Å². The summed E-state index contributed by atoms with van der Waals surface area (Å²) in [6, 6.07) is 0. The molecule has 2 aliphatic heterocycles. The van der Waals surface area contributed by atoms with Gasteiger partial charge in [0.2, 0.25) is 0 Å². The van der Waals surface area contributed by atoms with Gasteiger partial charge in [-0.05, 0) is 82.4 Å². The van der Waals surface area contributed by atoms with Crippen LogP contribution in [0.5, 0.6) is 0 Å². The van der Waals surface area contributed by atoms with E-state index in [2.05, 4.69) is 0 Å². The Bertz CT molecular complexity index is 1360. The molecule has 6 rings (SSSR count). The van der Waals surface area contributed by atoms with Gasteiger partial charge in [-0.25, -0.2) is 4.79 Å². The SMILES string of the molecule is CC(=O)OCC1=C(C)C(=O)O[C@@H]([C@](C)(O)[C@]2(O)CC[C@@]3(O)[C@@H]4C[C@H]5O[C@]56[C@@H](OC(C)=O)C=CC(=O)[C@]6(C)[C@H]4CC[C@]23C)C1. The Morgan fingerprint density at radius 2 is 1.79 bits per heavy atom. The van der Waals surface area contributed by atoms with Crippen molar-refractivity contribution in [2.75, 3.05) is 6.61 Å². The molecule has 43 heavy (non-hydrogen) atoms. The average Bonchev–Trinajstić information content (AvgIpc) is 3.62. The molecule has 11 nitrogen and oxygen atoms in total. The largest absolute Gasteiger partial charge is 0.461 e. The van der Waals surface area contributed by atoms with Crippen molar-refractivity contribution < 1.29 is 53.4 Å². The summed E-state index contributed by atoms with van der Waals surface area (Å²) in [5.41, 5.74) is -7.88. The van der Waals surface area contributed by atoms with Gasteiger partial charge < -0.3 is 34.3 Å². The fraction of sp³-hybridized carbons (Fsp3) is 0.750. The third-order valence-electron chi connectivity index (χ3n) is 12.7. The number of carbonyl (C=O) groups excluding carboxylic acids is 4. The molecule has 4 fully saturated rings. The van der Waals surface area contributed by atoms with Crippen molar-refractivity contribution in [3.05, 3.63) is 23.3 Å². The van der Waals surface area contributed by atoms with Crippen LogP contribution in [-0.4, -0.2) is 86.3 Å².